The molecule has 1 heterocycles. The number of unbranched alkanes of at least 4 members (excludes halogenated alkanes) is 2. The van der Waals surface area contributed by atoms with E-state index in [-0.39, 0.29) is 5.91 Å². The first kappa shape index (κ1) is 18.0. The van der Waals surface area contributed by atoms with Crippen LogP contribution in [0.5, 0.6) is 5.75 Å². The van der Waals surface area contributed by atoms with E-state index < -0.39 is 0 Å². The SMILES string of the molecule is CC(C)COc1ccc(C(=O)NCCCCCn2ccnc2)cc1. The predicted octanol–water partition coefficient (Wildman–Crippen LogP) is 3.52. The summed E-state index contributed by atoms with van der Waals surface area (Å²) in [4.78, 5) is 16.1. The second-order valence-electron chi connectivity index (χ2n) is 6.35. The van der Waals surface area contributed by atoms with Crippen molar-refractivity contribution in [1.29, 1.82) is 0 Å². The van der Waals surface area contributed by atoms with Crippen molar-refractivity contribution in [2.75, 3.05) is 13.2 Å². The zero-order valence-electron chi connectivity index (χ0n) is 14.6. The van der Waals surface area contributed by atoms with Crippen LogP contribution in [-0.4, -0.2) is 28.6 Å². The summed E-state index contributed by atoms with van der Waals surface area (Å²) in [5.41, 5.74) is 0.672. The lowest BCUT2D eigenvalue weighted by Crippen LogP contribution is -2.24. The molecule has 0 aliphatic carbocycles. The lowest BCUT2D eigenvalue weighted by Gasteiger charge is -2.09. The molecule has 0 saturated carbocycles. The molecule has 0 atom stereocenters. The maximum Gasteiger partial charge on any atom is 0.251 e. The van der Waals surface area contributed by atoms with E-state index in [1.807, 2.05) is 36.8 Å². The van der Waals surface area contributed by atoms with Gasteiger partial charge in [-0.25, -0.2) is 4.98 Å². The molecule has 0 saturated heterocycles. The third-order valence-electron chi connectivity index (χ3n) is 3.64. The quantitative estimate of drug-likeness (QED) is 0.679. The van der Waals surface area contributed by atoms with Gasteiger partial charge in [-0.15, -0.1) is 0 Å². The van der Waals surface area contributed by atoms with E-state index in [1.54, 1.807) is 6.20 Å². The summed E-state index contributed by atoms with van der Waals surface area (Å²) in [5, 5.41) is 2.96. The summed E-state index contributed by atoms with van der Waals surface area (Å²) in [5.74, 6) is 1.27. The van der Waals surface area contributed by atoms with Gasteiger partial charge in [-0.05, 0) is 49.4 Å². The molecule has 24 heavy (non-hydrogen) atoms. The number of aromatic nitrogens is 2. The number of imidazole rings is 1. The molecule has 1 aromatic carbocycles. The highest BCUT2D eigenvalue weighted by Crippen LogP contribution is 2.13. The van der Waals surface area contributed by atoms with E-state index in [0.29, 0.717) is 24.6 Å². The largest absolute Gasteiger partial charge is 0.493 e. The average Bonchev–Trinajstić information content (AvgIpc) is 3.09. The number of carbonyl (C=O) groups is 1. The first-order valence-corrected chi connectivity index (χ1v) is 8.62. The van der Waals surface area contributed by atoms with Crippen molar-refractivity contribution in [1.82, 2.24) is 14.9 Å². The average molecular weight is 329 g/mol. The summed E-state index contributed by atoms with van der Waals surface area (Å²) in [6, 6.07) is 7.32. The second-order valence-corrected chi connectivity index (χ2v) is 6.35. The van der Waals surface area contributed by atoms with Crippen LogP contribution in [0, 0.1) is 5.92 Å². The summed E-state index contributed by atoms with van der Waals surface area (Å²) >= 11 is 0. The molecule has 2 aromatic rings. The molecule has 5 nitrogen and oxygen atoms in total. The van der Waals surface area contributed by atoms with Crippen LogP contribution in [0.15, 0.2) is 43.0 Å². The van der Waals surface area contributed by atoms with Crippen LogP contribution in [0.3, 0.4) is 0 Å². The van der Waals surface area contributed by atoms with Crippen molar-refractivity contribution in [2.45, 2.75) is 39.7 Å². The fraction of sp³-hybridized carbons (Fsp3) is 0.474. The van der Waals surface area contributed by atoms with Gasteiger partial charge in [-0.1, -0.05) is 13.8 Å². The van der Waals surface area contributed by atoms with Crippen LogP contribution < -0.4 is 10.1 Å². The molecule has 5 heteroatoms. The minimum Gasteiger partial charge on any atom is -0.493 e. The number of ether oxygens (including phenoxy) is 1. The van der Waals surface area contributed by atoms with E-state index in [1.165, 1.54) is 0 Å². The highest BCUT2D eigenvalue weighted by atomic mass is 16.5. The zero-order chi connectivity index (χ0) is 17.2. The van der Waals surface area contributed by atoms with Gasteiger partial charge >= 0.3 is 0 Å². The van der Waals surface area contributed by atoms with Crippen molar-refractivity contribution < 1.29 is 9.53 Å². The number of aryl methyl sites for hydroxylation is 1. The fourth-order valence-electron chi connectivity index (χ4n) is 2.28. The van der Waals surface area contributed by atoms with Crippen molar-refractivity contribution in [3.05, 3.63) is 48.5 Å². The molecule has 1 N–H and O–H groups in total. The number of carbonyl (C=O) groups excluding carboxylic acids is 1. The van der Waals surface area contributed by atoms with Crippen LogP contribution in [0.1, 0.15) is 43.5 Å². The molecule has 0 bridgehead atoms. The first-order chi connectivity index (χ1) is 11.6. The van der Waals surface area contributed by atoms with Gasteiger partial charge in [0, 0.05) is 31.0 Å². The molecular weight excluding hydrogens is 302 g/mol. The zero-order valence-corrected chi connectivity index (χ0v) is 14.6. The molecule has 0 radical (unpaired) electrons. The standard InChI is InChI=1S/C19H27N3O2/c1-16(2)14-24-18-8-6-17(7-9-18)19(23)21-10-4-3-5-12-22-13-11-20-15-22/h6-9,11,13,15-16H,3-5,10,12,14H2,1-2H3,(H,21,23). The maximum absolute atomic E-state index is 12.1. The van der Waals surface area contributed by atoms with Gasteiger partial charge in [0.05, 0.1) is 12.9 Å². The van der Waals surface area contributed by atoms with Gasteiger partial charge in [0.15, 0.2) is 0 Å². The van der Waals surface area contributed by atoms with Crippen molar-refractivity contribution >= 4 is 5.91 Å². The second kappa shape index (κ2) is 9.75. The van der Waals surface area contributed by atoms with Crippen molar-refractivity contribution in [2.24, 2.45) is 5.92 Å². The molecule has 2 rings (SSSR count). The minimum absolute atomic E-state index is 0.0278. The maximum atomic E-state index is 12.1. The Balaban J connectivity index is 1.61. The van der Waals surface area contributed by atoms with Crippen LogP contribution >= 0.6 is 0 Å². The molecule has 0 aliphatic rings. The van der Waals surface area contributed by atoms with Crippen LogP contribution in [0.4, 0.5) is 0 Å². The lowest BCUT2D eigenvalue weighted by atomic mass is 10.2. The van der Waals surface area contributed by atoms with E-state index in [2.05, 4.69) is 28.7 Å². The smallest absolute Gasteiger partial charge is 0.251 e. The third kappa shape index (κ3) is 6.44. The highest BCUT2D eigenvalue weighted by Gasteiger charge is 2.05. The molecule has 0 spiro atoms. The van der Waals surface area contributed by atoms with Crippen molar-refractivity contribution in [3.63, 3.8) is 0 Å². The van der Waals surface area contributed by atoms with Crippen LogP contribution in [0.2, 0.25) is 0 Å². The monoisotopic (exact) mass is 329 g/mol. The Kier molecular flexibility index (Phi) is 7.33. The Labute approximate surface area is 144 Å². The normalized spacial score (nSPS) is 10.8. The molecule has 0 unspecified atom stereocenters. The minimum atomic E-state index is -0.0278. The Hall–Kier alpha value is -2.30. The van der Waals surface area contributed by atoms with Gasteiger partial charge < -0.3 is 14.6 Å². The summed E-state index contributed by atoms with van der Waals surface area (Å²) in [7, 11) is 0. The summed E-state index contributed by atoms with van der Waals surface area (Å²) in [6.07, 6.45) is 8.75. The molecule has 130 valence electrons. The molecular formula is C19H27N3O2. The molecule has 0 aliphatic heterocycles. The van der Waals surface area contributed by atoms with E-state index >= 15 is 0 Å². The van der Waals surface area contributed by atoms with Gasteiger partial charge in [-0.2, -0.15) is 0 Å². The summed E-state index contributed by atoms with van der Waals surface area (Å²) < 4.78 is 7.69. The highest BCUT2D eigenvalue weighted by molar-refractivity contribution is 5.94. The molecule has 0 fully saturated rings. The van der Waals surface area contributed by atoms with Gasteiger partial charge in [0.25, 0.3) is 5.91 Å². The number of nitrogens with one attached hydrogen (secondary N) is 1. The number of benzene rings is 1. The Morgan fingerprint density at radius 1 is 1.21 bits per heavy atom. The number of nitrogens with zero attached hydrogens (tertiary/aromatic N) is 2. The fourth-order valence-corrected chi connectivity index (χ4v) is 2.28. The number of amides is 1. The van der Waals surface area contributed by atoms with Gasteiger partial charge in [0.2, 0.25) is 0 Å². The summed E-state index contributed by atoms with van der Waals surface area (Å²) in [6.45, 7) is 6.58. The number of hydrogen-bond donors (Lipinski definition) is 1. The Morgan fingerprint density at radius 2 is 2.00 bits per heavy atom. The predicted molar refractivity (Wildman–Crippen MR) is 95.2 cm³/mol. The van der Waals surface area contributed by atoms with Crippen LogP contribution in [-0.2, 0) is 6.54 Å². The van der Waals surface area contributed by atoms with Crippen LogP contribution in [0.25, 0.3) is 0 Å². The number of hydrogen-bond acceptors (Lipinski definition) is 3. The molecule has 1 amide bonds. The Morgan fingerprint density at radius 3 is 2.67 bits per heavy atom. The van der Waals surface area contributed by atoms with E-state index in [0.717, 1.165) is 31.6 Å². The van der Waals surface area contributed by atoms with Gasteiger partial charge in [0.1, 0.15) is 5.75 Å². The topological polar surface area (TPSA) is 56.1 Å². The third-order valence-corrected chi connectivity index (χ3v) is 3.64. The number of rotatable bonds is 10. The van der Waals surface area contributed by atoms with E-state index in [9.17, 15) is 4.79 Å². The first-order valence-electron chi connectivity index (χ1n) is 8.62. The lowest BCUT2D eigenvalue weighted by molar-refractivity contribution is 0.0953. The van der Waals surface area contributed by atoms with E-state index in [4.69, 9.17) is 4.74 Å². The van der Waals surface area contributed by atoms with Crippen molar-refractivity contribution in [3.8, 4) is 5.75 Å². The van der Waals surface area contributed by atoms with Gasteiger partial charge in [-0.3, -0.25) is 4.79 Å². The molecule has 1 aromatic heterocycles. The Bertz CT molecular complexity index is 592.